The molecule has 1 aromatic heterocycles. The van der Waals surface area contributed by atoms with E-state index in [9.17, 15) is 10.1 Å². The van der Waals surface area contributed by atoms with E-state index >= 15 is 0 Å². The third kappa shape index (κ3) is 3.55. The molecule has 22 heavy (non-hydrogen) atoms. The van der Waals surface area contributed by atoms with Gasteiger partial charge >= 0.3 is 5.69 Å². The second kappa shape index (κ2) is 6.76. The SMILES string of the molecule is CC[C@H](C)Nc1nc(N)c([N+](=O)[O-])c(N2CCC[C@H](C)C2)n1. The third-order valence-corrected chi connectivity index (χ3v) is 4.02. The number of nitrogens with two attached hydrogens (primary N) is 1. The molecule has 0 unspecified atom stereocenters. The molecule has 0 bridgehead atoms. The fourth-order valence-corrected chi connectivity index (χ4v) is 2.62. The Morgan fingerprint density at radius 2 is 2.27 bits per heavy atom. The lowest BCUT2D eigenvalue weighted by Crippen LogP contribution is -2.35. The van der Waals surface area contributed by atoms with Gasteiger partial charge in [-0.3, -0.25) is 10.1 Å². The Labute approximate surface area is 130 Å². The third-order valence-electron chi connectivity index (χ3n) is 4.02. The van der Waals surface area contributed by atoms with Crippen molar-refractivity contribution < 1.29 is 4.92 Å². The lowest BCUT2D eigenvalue weighted by molar-refractivity contribution is -0.383. The second-order valence-electron chi connectivity index (χ2n) is 6.01. The zero-order valence-electron chi connectivity index (χ0n) is 13.4. The molecule has 2 heterocycles. The van der Waals surface area contributed by atoms with Gasteiger partial charge in [0.1, 0.15) is 0 Å². The highest BCUT2D eigenvalue weighted by molar-refractivity contribution is 5.71. The molecular weight excluding hydrogens is 284 g/mol. The number of aromatic nitrogens is 2. The van der Waals surface area contributed by atoms with Crippen LogP contribution in [0.3, 0.4) is 0 Å². The van der Waals surface area contributed by atoms with Crippen LogP contribution in [-0.2, 0) is 0 Å². The van der Waals surface area contributed by atoms with Gasteiger partial charge in [-0.15, -0.1) is 0 Å². The van der Waals surface area contributed by atoms with E-state index in [1.807, 2.05) is 18.7 Å². The van der Waals surface area contributed by atoms with Crippen LogP contribution in [-0.4, -0.2) is 34.0 Å². The Hall–Kier alpha value is -2.12. The summed E-state index contributed by atoms with van der Waals surface area (Å²) >= 11 is 0. The minimum Gasteiger partial charge on any atom is -0.378 e. The normalized spacial score (nSPS) is 19.8. The summed E-state index contributed by atoms with van der Waals surface area (Å²) in [7, 11) is 0. The van der Waals surface area contributed by atoms with Crippen molar-refractivity contribution >= 4 is 23.3 Å². The van der Waals surface area contributed by atoms with Crippen molar-refractivity contribution in [2.24, 2.45) is 5.92 Å². The molecule has 1 saturated heterocycles. The summed E-state index contributed by atoms with van der Waals surface area (Å²) in [6.45, 7) is 7.69. The maximum Gasteiger partial charge on any atom is 0.353 e. The van der Waals surface area contributed by atoms with E-state index in [0.29, 0.717) is 17.7 Å². The predicted octanol–water partition coefficient (Wildman–Crippen LogP) is 2.41. The van der Waals surface area contributed by atoms with Crippen LogP contribution in [0.2, 0.25) is 0 Å². The summed E-state index contributed by atoms with van der Waals surface area (Å²) in [5.41, 5.74) is 5.63. The van der Waals surface area contributed by atoms with Crippen LogP contribution in [0.15, 0.2) is 0 Å². The van der Waals surface area contributed by atoms with Crippen LogP contribution in [0.25, 0.3) is 0 Å². The highest BCUT2D eigenvalue weighted by Gasteiger charge is 2.29. The van der Waals surface area contributed by atoms with Gasteiger partial charge in [-0.2, -0.15) is 9.97 Å². The summed E-state index contributed by atoms with van der Waals surface area (Å²) in [4.78, 5) is 21.2. The monoisotopic (exact) mass is 308 g/mol. The van der Waals surface area contributed by atoms with Gasteiger partial charge in [0.25, 0.3) is 0 Å². The van der Waals surface area contributed by atoms with E-state index in [2.05, 4.69) is 22.2 Å². The lowest BCUT2D eigenvalue weighted by Gasteiger charge is -2.31. The van der Waals surface area contributed by atoms with Gasteiger partial charge in [0.15, 0.2) is 0 Å². The van der Waals surface area contributed by atoms with Crippen molar-refractivity contribution in [1.29, 1.82) is 0 Å². The van der Waals surface area contributed by atoms with Crippen LogP contribution in [0.5, 0.6) is 0 Å². The van der Waals surface area contributed by atoms with E-state index < -0.39 is 4.92 Å². The maximum atomic E-state index is 11.4. The van der Waals surface area contributed by atoms with E-state index in [0.717, 1.165) is 32.4 Å². The van der Waals surface area contributed by atoms with Gasteiger partial charge in [-0.1, -0.05) is 13.8 Å². The molecule has 0 spiro atoms. The zero-order valence-corrected chi connectivity index (χ0v) is 13.4. The van der Waals surface area contributed by atoms with E-state index in [1.165, 1.54) is 0 Å². The van der Waals surface area contributed by atoms with Crippen molar-refractivity contribution in [3.8, 4) is 0 Å². The number of rotatable bonds is 5. The maximum absolute atomic E-state index is 11.4. The molecule has 0 aromatic carbocycles. The number of nitrogens with zero attached hydrogens (tertiary/aromatic N) is 4. The first-order valence-corrected chi connectivity index (χ1v) is 7.75. The molecule has 1 aromatic rings. The molecule has 0 aliphatic carbocycles. The summed E-state index contributed by atoms with van der Waals surface area (Å²) < 4.78 is 0. The largest absolute Gasteiger partial charge is 0.378 e. The molecule has 8 nitrogen and oxygen atoms in total. The minimum atomic E-state index is -0.489. The Balaban J connectivity index is 2.40. The number of piperidine rings is 1. The van der Waals surface area contributed by atoms with Gasteiger partial charge in [0.05, 0.1) is 4.92 Å². The highest BCUT2D eigenvalue weighted by atomic mass is 16.6. The molecule has 3 N–H and O–H groups in total. The van der Waals surface area contributed by atoms with Crippen molar-refractivity contribution in [1.82, 2.24) is 9.97 Å². The second-order valence-corrected chi connectivity index (χ2v) is 6.01. The Morgan fingerprint density at radius 3 is 2.86 bits per heavy atom. The Morgan fingerprint density at radius 1 is 1.55 bits per heavy atom. The number of nitrogen functional groups attached to an aromatic ring is 1. The molecular formula is C14H24N6O2. The van der Waals surface area contributed by atoms with Crippen molar-refractivity contribution in [3.63, 3.8) is 0 Å². The van der Waals surface area contributed by atoms with Crippen molar-refractivity contribution in [3.05, 3.63) is 10.1 Å². The molecule has 1 aliphatic rings. The number of hydrogen-bond acceptors (Lipinski definition) is 7. The predicted molar refractivity (Wildman–Crippen MR) is 87.1 cm³/mol. The van der Waals surface area contributed by atoms with E-state index in [-0.39, 0.29) is 17.5 Å². The minimum absolute atomic E-state index is 0.0842. The van der Waals surface area contributed by atoms with Crippen molar-refractivity contribution in [2.45, 2.75) is 46.1 Å². The Bertz CT molecular complexity index is 550. The Kier molecular flexibility index (Phi) is 4.99. The summed E-state index contributed by atoms with van der Waals surface area (Å²) in [6, 6.07) is 0.175. The topological polar surface area (TPSA) is 110 Å². The van der Waals surface area contributed by atoms with Gasteiger partial charge in [0.2, 0.25) is 17.6 Å². The van der Waals surface area contributed by atoms with Gasteiger partial charge < -0.3 is 16.0 Å². The first-order chi connectivity index (χ1) is 10.4. The first kappa shape index (κ1) is 16.3. The fraction of sp³-hybridized carbons (Fsp3) is 0.714. The van der Waals surface area contributed by atoms with Gasteiger partial charge in [-0.05, 0) is 32.1 Å². The zero-order chi connectivity index (χ0) is 16.3. The number of hydrogen-bond donors (Lipinski definition) is 2. The van der Waals surface area contributed by atoms with Crippen LogP contribution in [0.1, 0.15) is 40.0 Å². The number of nitro groups is 1. The average molecular weight is 308 g/mol. The molecule has 2 atom stereocenters. The van der Waals surface area contributed by atoms with Crippen LogP contribution in [0.4, 0.5) is 23.3 Å². The average Bonchev–Trinajstić information content (AvgIpc) is 2.46. The van der Waals surface area contributed by atoms with Crippen LogP contribution in [0, 0.1) is 16.0 Å². The number of nitrogens with one attached hydrogen (secondary N) is 1. The van der Waals surface area contributed by atoms with Gasteiger partial charge in [-0.25, -0.2) is 0 Å². The van der Waals surface area contributed by atoms with Crippen LogP contribution < -0.4 is 16.0 Å². The molecule has 8 heteroatoms. The fourth-order valence-electron chi connectivity index (χ4n) is 2.62. The molecule has 1 aliphatic heterocycles. The lowest BCUT2D eigenvalue weighted by atomic mass is 10.0. The number of anilines is 3. The van der Waals surface area contributed by atoms with Crippen molar-refractivity contribution in [2.75, 3.05) is 29.0 Å². The molecule has 122 valence electrons. The molecule has 0 radical (unpaired) electrons. The summed E-state index contributed by atoms with van der Waals surface area (Å²) in [5, 5.41) is 14.5. The van der Waals surface area contributed by atoms with Crippen LogP contribution >= 0.6 is 0 Å². The summed E-state index contributed by atoms with van der Waals surface area (Å²) in [6.07, 6.45) is 3.02. The van der Waals surface area contributed by atoms with Gasteiger partial charge in [0, 0.05) is 19.1 Å². The van der Waals surface area contributed by atoms with E-state index in [1.54, 1.807) is 0 Å². The highest BCUT2D eigenvalue weighted by Crippen LogP contribution is 2.34. The molecule has 1 fully saturated rings. The first-order valence-electron chi connectivity index (χ1n) is 7.75. The smallest absolute Gasteiger partial charge is 0.353 e. The molecule has 2 rings (SSSR count). The standard InChI is InChI=1S/C14H24N6O2/c1-4-10(3)16-14-17-12(15)11(20(21)22)13(18-14)19-7-5-6-9(2)8-19/h9-10H,4-8H2,1-3H3,(H3,15,16,17,18)/t9-,10-/m0/s1. The summed E-state index contributed by atoms with van der Waals surface area (Å²) in [5.74, 6) is 1.08. The molecule has 0 amide bonds. The molecule has 0 saturated carbocycles. The quantitative estimate of drug-likeness (QED) is 0.634. The van der Waals surface area contributed by atoms with E-state index in [4.69, 9.17) is 5.73 Å².